The Kier molecular flexibility index (Phi) is 5.29. The molecule has 1 unspecified atom stereocenters. The zero-order valence-corrected chi connectivity index (χ0v) is 11.9. The zero-order valence-electron chi connectivity index (χ0n) is 11.0. The highest BCUT2D eigenvalue weighted by Crippen LogP contribution is 2.16. The molecule has 0 bridgehead atoms. The number of amides is 2. The van der Waals surface area contributed by atoms with Crippen LogP contribution in [0.25, 0.3) is 0 Å². The van der Waals surface area contributed by atoms with E-state index < -0.39 is 18.0 Å². The number of carboxylic acids is 1. The van der Waals surface area contributed by atoms with Crippen molar-refractivity contribution in [1.29, 1.82) is 0 Å². The number of rotatable bonds is 5. The lowest BCUT2D eigenvalue weighted by Crippen LogP contribution is -2.49. The standard InChI is InChI=1S/C14H18N2O3S/c17-13(18)12(8-10-4-2-1-3-5-10)16-14(19)15-11-6-7-20-9-11/h1-5,11-12H,6-9H2,(H,17,18)(H2,15,16,19)/t11?,12-/m0/s1. The predicted octanol–water partition coefficient (Wildman–Crippen LogP) is 1.49. The molecule has 1 aromatic carbocycles. The maximum Gasteiger partial charge on any atom is 0.326 e. The molecule has 1 fully saturated rings. The molecule has 0 aromatic heterocycles. The summed E-state index contributed by atoms with van der Waals surface area (Å²) < 4.78 is 0. The first kappa shape index (κ1) is 14.7. The van der Waals surface area contributed by atoms with E-state index in [1.807, 2.05) is 30.3 Å². The van der Waals surface area contributed by atoms with Crippen molar-refractivity contribution in [1.82, 2.24) is 10.6 Å². The van der Waals surface area contributed by atoms with Gasteiger partial charge in [0.1, 0.15) is 6.04 Å². The third kappa shape index (κ3) is 4.45. The lowest BCUT2D eigenvalue weighted by molar-refractivity contribution is -0.139. The second-order valence-corrected chi connectivity index (χ2v) is 5.91. The van der Waals surface area contributed by atoms with E-state index in [-0.39, 0.29) is 12.5 Å². The Bertz CT molecular complexity index is 461. The van der Waals surface area contributed by atoms with Gasteiger partial charge in [-0.05, 0) is 17.7 Å². The fourth-order valence-corrected chi connectivity index (χ4v) is 3.24. The Morgan fingerprint density at radius 1 is 1.35 bits per heavy atom. The second kappa shape index (κ2) is 7.19. The van der Waals surface area contributed by atoms with E-state index in [0.29, 0.717) is 0 Å². The van der Waals surface area contributed by atoms with Gasteiger partial charge in [0.15, 0.2) is 0 Å². The van der Waals surface area contributed by atoms with Crippen LogP contribution in [0.3, 0.4) is 0 Å². The number of benzene rings is 1. The summed E-state index contributed by atoms with van der Waals surface area (Å²) in [5, 5.41) is 14.5. The van der Waals surface area contributed by atoms with Crippen LogP contribution in [0.2, 0.25) is 0 Å². The summed E-state index contributed by atoms with van der Waals surface area (Å²) in [6.07, 6.45) is 1.22. The number of hydrogen-bond acceptors (Lipinski definition) is 3. The van der Waals surface area contributed by atoms with Crippen molar-refractivity contribution in [2.24, 2.45) is 0 Å². The van der Waals surface area contributed by atoms with Gasteiger partial charge < -0.3 is 15.7 Å². The quantitative estimate of drug-likeness (QED) is 0.769. The first-order valence-corrected chi connectivity index (χ1v) is 7.72. The minimum atomic E-state index is -1.02. The molecule has 3 N–H and O–H groups in total. The van der Waals surface area contributed by atoms with Crippen molar-refractivity contribution in [3.8, 4) is 0 Å². The molecule has 5 nitrogen and oxygen atoms in total. The maximum atomic E-state index is 11.8. The molecular weight excluding hydrogens is 276 g/mol. The molecule has 0 saturated carbocycles. The number of hydrogen-bond donors (Lipinski definition) is 3. The lowest BCUT2D eigenvalue weighted by atomic mass is 10.1. The Balaban J connectivity index is 1.88. The monoisotopic (exact) mass is 294 g/mol. The van der Waals surface area contributed by atoms with Crippen LogP contribution in [-0.2, 0) is 11.2 Å². The van der Waals surface area contributed by atoms with Crippen LogP contribution in [0.1, 0.15) is 12.0 Å². The van der Waals surface area contributed by atoms with Crippen molar-refractivity contribution in [2.75, 3.05) is 11.5 Å². The van der Waals surface area contributed by atoms with E-state index >= 15 is 0 Å². The average molecular weight is 294 g/mol. The highest BCUT2D eigenvalue weighted by atomic mass is 32.2. The second-order valence-electron chi connectivity index (χ2n) is 4.76. The van der Waals surface area contributed by atoms with Crippen LogP contribution < -0.4 is 10.6 Å². The fourth-order valence-electron chi connectivity index (χ4n) is 2.08. The van der Waals surface area contributed by atoms with Crippen LogP contribution in [0.15, 0.2) is 30.3 Å². The van der Waals surface area contributed by atoms with Gasteiger partial charge in [-0.15, -0.1) is 0 Å². The molecule has 2 rings (SSSR count). The van der Waals surface area contributed by atoms with Crippen molar-refractivity contribution < 1.29 is 14.7 Å². The molecule has 6 heteroatoms. The Morgan fingerprint density at radius 2 is 2.10 bits per heavy atom. The molecule has 1 aliphatic rings. The number of thioether (sulfide) groups is 1. The van der Waals surface area contributed by atoms with E-state index in [4.69, 9.17) is 0 Å². The molecule has 1 aliphatic heterocycles. The molecule has 2 atom stereocenters. The van der Waals surface area contributed by atoms with Crippen LogP contribution in [0, 0.1) is 0 Å². The average Bonchev–Trinajstić information content (AvgIpc) is 2.92. The Morgan fingerprint density at radius 3 is 2.70 bits per heavy atom. The van der Waals surface area contributed by atoms with Gasteiger partial charge >= 0.3 is 12.0 Å². The van der Waals surface area contributed by atoms with Crippen molar-refractivity contribution >= 4 is 23.8 Å². The van der Waals surface area contributed by atoms with Crippen LogP contribution in [-0.4, -0.2) is 40.7 Å². The van der Waals surface area contributed by atoms with Crippen LogP contribution in [0.4, 0.5) is 4.79 Å². The van der Waals surface area contributed by atoms with Crippen molar-refractivity contribution in [3.63, 3.8) is 0 Å². The minimum Gasteiger partial charge on any atom is -0.480 e. The molecular formula is C14H18N2O3S. The van der Waals surface area contributed by atoms with Gasteiger partial charge in [-0.25, -0.2) is 9.59 Å². The van der Waals surface area contributed by atoms with E-state index in [1.54, 1.807) is 11.8 Å². The van der Waals surface area contributed by atoms with Gasteiger partial charge in [-0.1, -0.05) is 30.3 Å². The van der Waals surface area contributed by atoms with Gasteiger partial charge in [0.05, 0.1) is 0 Å². The molecule has 1 saturated heterocycles. The summed E-state index contributed by atoms with van der Waals surface area (Å²) in [4.78, 5) is 23.0. The zero-order chi connectivity index (χ0) is 14.4. The number of carbonyl (C=O) groups is 2. The molecule has 2 amide bonds. The third-order valence-corrected chi connectivity index (χ3v) is 4.31. The normalized spacial score (nSPS) is 19.3. The van der Waals surface area contributed by atoms with Crippen LogP contribution in [0.5, 0.6) is 0 Å². The highest BCUT2D eigenvalue weighted by Gasteiger charge is 2.23. The van der Waals surface area contributed by atoms with E-state index in [9.17, 15) is 14.7 Å². The number of nitrogens with one attached hydrogen (secondary N) is 2. The largest absolute Gasteiger partial charge is 0.480 e. The number of carboxylic acid groups (broad SMARTS) is 1. The summed E-state index contributed by atoms with van der Waals surface area (Å²) in [7, 11) is 0. The summed E-state index contributed by atoms with van der Waals surface area (Å²) in [5.41, 5.74) is 0.886. The molecule has 1 aromatic rings. The summed E-state index contributed by atoms with van der Waals surface area (Å²) >= 11 is 1.79. The smallest absolute Gasteiger partial charge is 0.326 e. The Labute approximate surface area is 122 Å². The fraction of sp³-hybridized carbons (Fsp3) is 0.429. The first-order valence-electron chi connectivity index (χ1n) is 6.56. The topological polar surface area (TPSA) is 78.4 Å². The summed E-state index contributed by atoms with van der Waals surface area (Å²) in [6.45, 7) is 0. The Hall–Kier alpha value is -1.69. The summed E-state index contributed by atoms with van der Waals surface area (Å²) in [6, 6.07) is 8.11. The van der Waals surface area contributed by atoms with E-state index in [1.165, 1.54) is 0 Å². The number of carbonyl (C=O) groups excluding carboxylic acids is 1. The van der Waals surface area contributed by atoms with Crippen molar-refractivity contribution in [2.45, 2.75) is 24.9 Å². The van der Waals surface area contributed by atoms with Gasteiger partial charge in [0.2, 0.25) is 0 Å². The predicted molar refractivity (Wildman–Crippen MR) is 79.0 cm³/mol. The number of aliphatic carboxylic acids is 1. The van der Waals surface area contributed by atoms with Gasteiger partial charge in [0.25, 0.3) is 0 Å². The van der Waals surface area contributed by atoms with Gasteiger partial charge in [-0.3, -0.25) is 0 Å². The lowest BCUT2D eigenvalue weighted by Gasteiger charge is -2.17. The highest BCUT2D eigenvalue weighted by molar-refractivity contribution is 7.99. The molecule has 0 aliphatic carbocycles. The molecule has 20 heavy (non-hydrogen) atoms. The van der Waals surface area contributed by atoms with Gasteiger partial charge in [0, 0.05) is 18.2 Å². The SMILES string of the molecule is O=C(NC1CCSC1)N[C@@H](Cc1ccccc1)C(=O)O. The van der Waals surface area contributed by atoms with Crippen molar-refractivity contribution in [3.05, 3.63) is 35.9 Å². The molecule has 0 radical (unpaired) electrons. The number of urea groups is 1. The molecule has 0 spiro atoms. The first-order chi connectivity index (χ1) is 9.65. The third-order valence-electron chi connectivity index (χ3n) is 3.15. The van der Waals surface area contributed by atoms with Crippen LogP contribution >= 0.6 is 11.8 Å². The maximum absolute atomic E-state index is 11.8. The molecule has 108 valence electrons. The van der Waals surface area contributed by atoms with E-state index in [0.717, 1.165) is 23.5 Å². The van der Waals surface area contributed by atoms with Gasteiger partial charge in [-0.2, -0.15) is 11.8 Å². The molecule has 1 heterocycles. The minimum absolute atomic E-state index is 0.145. The summed E-state index contributed by atoms with van der Waals surface area (Å²) in [5.74, 6) is 0.908. The van der Waals surface area contributed by atoms with E-state index in [2.05, 4.69) is 10.6 Å².